The minimum Gasteiger partial charge on any atom is -0.481 e. The van der Waals surface area contributed by atoms with Gasteiger partial charge in [-0.2, -0.15) is 0 Å². The molecule has 19 heavy (non-hydrogen) atoms. The minimum absolute atomic E-state index is 0.501. The van der Waals surface area contributed by atoms with Crippen molar-refractivity contribution in [2.24, 2.45) is 7.05 Å². The van der Waals surface area contributed by atoms with Gasteiger partial charge in [-0.3, -0.25) is 4.79 Å². The van der Waals surface area contributed by atoms with Crippen LogP contribution in [0.4, 0.5) is 0 Å². The van der Waals surface area contributed by atoms with E-state index in [1.54, 1.807) is 30.5 Å². The molecule has 0 fully saturated rings. The number of halogens is 1. The first kappa shape index (κ1) is 13.6. The molecule has 0 aliphatic rings. The van der Waals surface area contributed by atoms with E-state index in [1.165, 1.54) is 0 Å². The summed E-state index contributed by atoms with van der Waals surface area (Å²) in [6, 6.07) is 7.01. The molecule has 100 valence electrons. The molecule has 5 heteroatoms. The van der Waals surface area contributed by atoms with Gasteiger partial charge in [0.25, 0.3) is 0 Å². The summed E-state index contributed by atoms with van der Waals surface area (Å²) in [5.41, 5.74) is 0.731. The predicted molar refractivity (Wildman–Crippen MR) is 73.4 cm³/mol. The maximum absolute atomic E-state index is 11.4. The van der Waals surface area contributed by atoms with Gasteiger partial charge in [0.1, 0.15) is 5.82 Å². The molecule has 0 bridgehead atoms. The number of aromatic nitrogens is 2. The summed E-state index contributed by atoms with van der Waals surface area (Å²) in [5, 5.41) is 9.90. The highest BCUT2D eigenvalue weighted by Gasteiger charge is 2.20. The zero-order valence-corrected chi connectivity index (χ0v) is 11.3. The zero-order chi connectivity index (χ0) is 13.8. The molecule has 0 saturated heterocycles. The maximum atomic E-state index is 11.4. The first-order valence-corrected chi connectivity index (χ1v) is 6.40. The topological polar surface area (TPSA) is 55.1 Å². The molecule has 0 aliphatic heterocycles. The van der Waals surface area contributed by atoms with Crippen molar-refractivity contribution in [2.45, 2.75) is 18.8 Å². The number of carboxylic acids is 1. The Morgan fingerprint density at radius 1 is 1.53 bits per heavy atom. The largest absolute Gasteiger partial charge is 0.481 e. The number of aliphatic carboxylic acids is 1. The van der Waals surface area contributed by atoms with Crippen LogP contribution in [0.1, 0.15) is 23.7 Å². The Balaban J connectivity index is 2.13. The fourth-order valence-electron chi connectivity index (χ4n) is 2.07. The van der Waals surface area contributed by atoms with Gasteiger partial charge in [0, 0.05) is 30.9 Å². The van der Waals surface area contributed by atoms with E-state index < -0.39 is 11.9 Å². The number of nitrogens with zero attached hydrogens (tertiary/aromatic N) is 2. The highest BCUT2D eigenvalue weighted by molar-refractivity contribution is 6.30. The lowest BCUT2D eigenvalue weighted by atomic mass is 9.94. The number of rotatable bonds is 5. The Morgan fingerprint density at radius 3 is 2.89 bits per heavy atom. The van der Waals surface area contributed by atoms with E-state index in [9.17, 15) is 9.90 Å². The minimum atomic E-state index is -0.837. The summed E-state index contributed by atoms with van der Waals surface area (Å²) in [6.45, 7) is 0. The quantitative estimate of drug-likeness (QED) is 0.915. The van der Waals surface area contributed by atoms with Crippen molar-refractivity contribution in [3.05, 3.63) is 53.1 Å². The van der Waals surface area contributed by atoms with Crippen molar-refractivity contribution in [3.8, 4) is 0 Å². The molecule has 1 heterocycles. The fourth-order valence-corrected chi connectivity index (χ4v) is 2.27. The highest BCUT2D eigenvalue weighted by atomic mass is 35.5. The molecule has 0 radical (unpaired) electrons. The first-order valence-electron chi connectivity index (χ1n) is 6.02. The predicted octanol–water partition coefficient (Wildman–Crippen LogP) is 2.87. The molecule has 1 aromatic carbocycles. The van der Waals surface area contributed by atoms with Crippen molar-refractivity contribution in [2.75, 3.05) is 0 Å². The van der Waals surface area contributed by atoms with E-state index >= 15 is 0 Å². The van der Waals surface area contributed by atoms with Crippen LogP contribution in [-0.4, -0.2) is 20.6 Å². The summed E-state index contributed by atoms with van der Waals surface area (Å²) in [7, 11) is 1.90. The molecule has 4 nitrogen and oxygen atoms in total. The van der Waals surface area contributed by atoms with Gasteiger partial charge in [0.05, 0.1) is 5.92 Å². The molecule has 0 aliphatic carbocycles. The van der Waals surface area contributed by atoms with Crippen LogP contribution < -0.4 is 0 Å². The summed E-state index contributed by atoms with van der Waals surface area (Å²) >= 11 is 5.91. The van der Waals surface area contributed by atoms with Crippen LogP contribution in [0.2, 0.25) is 5.02 Å². The van der Waals surface area contributed by atoms with Gasteiger partial charge in [-0.15, -0.1) is 0 Å². The highest BCUT2D eigenvalue weighted by Crippen LogP contribution is 2.24. The first-order chi connectivity index (χ1) is 9.08. The van der Waals surface area contributed by atoms with Gasteiger partial charge in [-0.1, -0.05) is 23.7 Å². The lowest BCUT2D eigenvalue weighted by Crippen LogP contribution is -2.13. The third-order valence-corrected chi connectivity index (χ3v) is 3.36. The molecule has 0 amide bonds. The number of carboxylic acid groups (broad SMARTS) is 1. The third-order valence-electron chi connectivity index (χ3n) is 3.13. The molecular formula is C14H15ClN2O2. The van der Waals surface area contributed by atoms with Gasteiger partial charge in [-0.05, 0) is 24.1 Å². The van der Waals surface area contributed by atoms with Crippen LogP contribution >= 0.6 is 11.6 Å². The van der Waals surface area contributed by atoms with Crippen LogP contribution in [0.25, 0.3) is 0 Å². The monoisotopic (exact) mass is 278 g/mol. The average Bonchev–Trinajstić information content (AvgIpc) is 2.75. The molecule has 1 aromatic heterocycles. The Bertz CT molecular complexity index is 580. The van der Waals surface area contributed by atoms with Crippen LogP contribution in [0.5, 0.6) is 0 Å². The Morgan fingerprint density at radius 2 is 2.32 bits per heavy atom. The van der Waals surface area contributed by atoms with Crippen molar-refractivity contribution >= 4 is 17.6 Å². The van der Waals surface area contributed by atoms with Crippen LogP contribution in [-0.2, 0) is 18.3 Å². The SMILES string of the molecule is Cn1ccnc1CCC(C(=O)O)c1cccc(Cl)c1. The van der Waals surface area contributed by atoms with Crippen LogP contribution in [0.15, 0.2) is 36.7 Å². The van der Waals surface area contributed by atoms with Gasteiger partial charge < -0.3 is 9.67 Å². The van der Waals surface area contributed by atoms with Gasteiger partial charge in [0.15, 0.2) is 0 Å². The van der Waals surface area contributed by atoms with Crippen molar-refractivity contribution in [3.63, 3.8) is 0 Å². The Labute approximate surface area is 116 Å². The summed E-state index contributed by atoms with van der Waals surface area (Å²) in [5.74, 6) is -0.514. The Hall–Kier alpha value is -1.81. The lowest BCUT2D eigenvalue weighted by Gasteiger charge is -2.13. The second-order valence-corrected chi connectivity index (χ2v) is 4.88. The van der Waals surface area contributed by atoms with Crippen molar-refractivity contribution < 1.29 is 9.90 Å². The smallest absolute Gasteiger partial charge is 0.310 e. The van der Waals surface area contributed by atoms with Gasteiger partial charge >= 0.3 is 5.97 Å². The van der Waals surface area contributed by atoms with E-state index in [-0.39, 0.29) is 0 Å². The molecule has 1 N–H and O–H groups in total. The summed E-state index contributed by atoms with van der Waals surface area (Å²) in [6.07, 6.45) is 4.68. The van der Waals surface area contributed by atoms with E-state index in [4.69, 9.17) is 11.6 Å². The molecule has 0 saturated carbocycles. The average molecular weight is 279 g/mol. The van der Waals surface area contributed by atoms with E-state index in [0.29, 0.717) is 17.9 Å². The number of carbonyl (C=O) groups is 1. The molecule has 1 atom stereocenters. The Kier molecular flexibility index (Phi) is 4.22. The second kappa shape index (κ2) is 5.89. The molecule has 2 aromatic rings. The third kappa shape index (κ3) is 3.35. The normalized spacial score (nSPS) is 12.3. The number of benzene rings is 1. The van der Waals surface area contributed by atoms with E-state index in [0.717, 1.165) is 11.4 Å². The summed E-state index contributed by atoms with van der Waals surface area (Å²) < 4.78 is 1.90. The molecule has 0 spiro atoms. The standard InChI is InChI=1S/C14H15ClN2O2/c1-17-8-7-16-13(17)6-5-12(14(18)19)10-3-2-4-11(15)9-10/h2-4,7-9,12H,5-6H2,1H3,(H,18,19). The summed E-state index contributed by atoms with van der Waals surface area (Å²) in [4.78, 5) is 15.6. The van der Waals surface area contributed by atoms with Gasteiger partial charge in [-0.25, -0.2) is 4.98 Å². The van der Waals surface area contributed by atoms with Crippen molar-refractivity contribution in [1.29, 1.82) is 0 Å². The van der Waals surface area contributed by atoms with E-state index in [1.807, 2.05) is 17.8 Å². The van der Waals surface area contributed by atoms with Crippen molar-refractivity contribution in [1.82, 2.24) is 9.55 Å². The van der Waals surface area contributed by atoms with Crippen LogP contribution in [0.3, 0.4) is 0 Å². The fraction of sp³-hybridized carbons (Fsp3) is 0.286. The van der Waals surface area contributed by atoms with Gasteiger partial charge in [0.2, 0.25) is 0 Å². The second-order valence-electron chi connectivity index (χ2n) is 4.44. The number of hydrogen-bond donors (Lipinski definition) is 1. The lowest BCUT2D eigenvalue weighted by molar-refractivity contribution is -0.138. The number of imidazole rings is 1. The zero-order valence-electron chi connectivity index (χ0n) is 10.6. The molecule has 1 unspecified atom stereocenters. The van der Waals surface area contributed by atoms with Crippen LogP contribution in [0, 0.1) is 0 Å². The molecule has 2 rings (SSSR count). The molecular weight excluding hydrogens is 264 g/mol. The van der Waals surface area contributed by atoms with E-state index in [2.05, 4.69) is 4.98 Å². The maximum Gasteiger partial charge on any atom is 0.310 e. The number of hydrogen-bond acceptors (Lipinski definition) is 2. The number of aryl methyl sites for hydroxylation is 2.